The third-order valence-corrected chi connectivity index (χ3v) is 5.87. The van der Waals surface area contributed by atoms with Crippen LogP contribution in [0.1, 0.15) is 52.0 Å². The van der Waals surface area contributed by atoms with Crippen LogP contribution in [-0.2, 0) is 13.0 Å². The highest BCUT2D eigenvalue weighted by Crippen LogP contribution is 2.38. The number of rotatable bonds is 6. The number of benzene rings is 1. The first-order valence-corrected chi connectivity index (χ1v) is 9.78. The average Bonchev–Trinajstić information content (AvgIpc) is 2.91. The van der Waals surface area contributed by atoms with Crippen LogP contribution in [0.3, 0.4) is 0 Å². The Balaban J connectivity index is 1.87. The second-order valence-corrected chi connectivity index (χ2v) is 8.40. The molecule has 0 saturated carbocycles. The van der Waals surface area contributed by atoms with E-state index in [1.807, 2.05) is 31.2 Å². The van der Waals surface area contributed by atoms with Crippen LogP contribution in [0, 0.1) is 12.8 Å². The summed E-state index contributed by atoms with van der Waals surface area (Å²) in [7, 11) is 0. The van der Waals surface area contributed by atoms with Gasteiger partial charge in [0.25, 0.3) is 0 Å². The first-order valence-electron chi connectivity index (χ1n) is 8.97. The average molecular weight is 375 g/mol. The van der Waals surface area contributed by atoms with Gasteiger partial charge in [0.2, 0.25) is 0 Å². The number of aliphatic hydroxyl groups is 1. The lowest BCUT2D eigenvalue weighted by Gasteiger charge is -2.28. The maximum atomic E-state index is 11.9. The van der Waals surface area contributed by atoms with Crippen molar-refractivity contribution in [3.8, 4) is 0 Å². The summed E-state index contributed by atoms with van der Waals surface area (Å²) in [4.78, 5) is 15.3. The molecule has 0 spiro atoms. The zero-order chi connectivity index (χ0) is 18.8. The second kappa shape index (κ2) is 7.78. The van der Waals surface area contributed by atoms with E-state index in [2.05, 4.69) is 24.1 Å². The largest absolute Gasteiger partial charge is 0.478 e. The maximum absolute atomic E-state index is 11.9. The summed E-state index contributed by atoms with van der Waals surface area (Å²) in [5.74, 6) is -0.352. The topological polar surface area (TPSA) is 72.8 Å². The van der Waals surface area contributed by atoms with Crippen LogP contribution in [-0.4, -0.2) is 34.2 Å². The molecule has 2 heterocycles. The third kappa shape index (κ3) is 3.92. The molecule has 6 heteroatoms. The van der Waals surface area contributed by atoms with Crippen molar-refractivity contribution in [1.29, 1.82) is 0 Å². The Labute approximate surface area is 158 Å². The van der Waals surface area contributed by atoms with Crippen LogP contribution in [0.2, 0.25) is 0 Å². The highest BCUT2D eigenvalue weighted by atomic mass is 32.1. The fraction of sp³-hybridized carbons (Fsp3) is 0.450. The molecule has 0 radical (unpaired) electrons. The lowest BCUT2D eigenvalue weighted by Crippen LogP contribution is -2.33. The molecule has 1 unspecified atom stereocenters. The molecule has 5 nitrogen and oxygen atoms in total. The third-order valence-electron chi connectivity index (χ3n) is 4.72. The molecule has 1 atom stereocenters. The summed E-state index contributed by atoms with van der Waals surface area (Å²) in [5, 5.41) is 23.9. The van der Waals surface area contributed by atoms with Gasteiger partial charge in [0.15, 0.2) is 6.23 Å². The number of carboxylic acids is 1. The van der Waals surface area contributed by atoms with Gasteiger partial charge >= 0.3 is 5.97 Å². The Morgan fingerprint density at radius 2 is 2.08 bits per heavy atom. The van der Waals surface area contributed by atoms with E-state index in [4.69, 9.17) is 0 Å². The van der Waals surface area contributed by atoms with Gasteiger partial charge in [-0.2, -0.15) is 0 Å². The van der Waals surface area contributed by atoms with Gasteiger partial charge in [-0.3, -0.25) is 4.90 Å². The molecule has 0 aliphatic carbocycles. The van der Waals surface area contributed by atoms with Gasteiger partial charge in [-0.1, -0.05) is 38.1 Å². The number of carboxylic acid groups (broad SMARTS) is 1. The zero-order valence-corrected chi connectivity index (χ0v) is 16.3. The summed E-state index contributed by atoms with van der Waals surface area (Å²) in [6.07, 6.45) is -0.191. The van der Waals surface area contributed by atoms with Gasteiger partial charge in [0.1, 0.15) is 5.00 Å². The van der Waals surface area contributed by atoms with Gasteiger partial charge in [-0.05, 0) is 30.4 Å². The first-order chi connectivity index (χ1) is 12.4. The highest BCUT2D eigenvalue weighted by molar-refractivity contribution is 7.16. The minimum atomic E-state index is -0.931. The van der Waals surface area contributed by atoms with Gasteiger partial charge in [0.05, 0.1) is 5.56 Å². The number of carbonyl (C=O) groups is 1. The van der Waals surface area contributed by atoms with Crippen molar-refractivity contribution in [3.05, 3.63) is 51.4 Å². The van der Waals surface area contributed by atoms with Crippen LogP contribution >= 0.6 is 11.3 Å². The molecule has 0 fully saturated rings. The maximum Gasteiger partial charge on any atom is 0.338 e. The van der Waals surface area contributed by atoms with Crippen LogP contribution in [0.5, 0.6) is 0 Å². The second-order valence-electron chi connectivity index (χ2n) is 7.30. The van der Waals surface area contributed by atoms with Crippen molar-refractivity contribution >= 4 is 22.3 Å². The molecular formula is C20H26N2O3S. The number of hydrogen-bond donors (Lipinski definition) is 3. The lowest BCUT2D eigenvalue weighted by atomic mass is 10.0. The molecule has 0 bridgehead atoms. The van der Waals surface area contributed by atoms with E-state index in [0.717, 1.165) is 47.6 Å². The summed E-state index contributed by atoms with van der Waals surface area (Å²) >= 11 is 1.46. The number of thiophene rings is 1. The van der Waals surface area contributed by atoms with Gasteiger partial charge in [-0.15, -0.1) is 11.3 Å². The SMILES string of the molecule is Cc1ccccc1C(O)Nc1sc2c(c1C(=O)O)CCN(CC(C)C)C2. The molecule has 26 heavy (non-hydrogen) atoms. The Morgan fingerprint density at radius 1 is 1.35 bits per heavy atom. The van der Waals surface area contributed by atoms with E-state index in [1.165, 1.54) is 11.3 Å². The minimum Gasteiger partial charge on any atom is -0.478 e. The predicted octanol–water partition coefficient (Wildman–Crippen LogP) is 3.87. The van der Waals surface area contributed by atoms with Crippen LogP contribution in [0.25, 0.3) is 0 Å². The molecule has 140 valence electrons. The van der Waals surface area contributed by atoms with Gasteiger partial charge < -0.3 is 15.5 Å². The first kappa shape index (κ1) is 18.9. The van der Waals surface area contributed by atoms with Gasteiger partial charge in [-0.25, -0.2) is 4.79 Å². The van der Waals surface area contributed by atoms with Crippen molar-refractivity contribution in [2.45, 2.75) is 40.0 Å². The van der Waals surface area contributed by atoms with E-state index in [9.17, 15) is 15.0 Å². The van der Waals surface area contributed by atoms with E-state index in [0.29, 0.717) is 16.5 Å². The predicted molar refractivity (Wildman–Crippen MR) is 105 cm³/mol. The molecule has 0 amide bonds. The number of fused-ring (bicyclic) bond motifs is 1. The van der Waals surface area contributed by atoms with E-state index >= 15 is 0 Å². The quantitative estimate of drug-likeness (QED) is 0.670. The van der Waals surface area contributed by atoms with Crippen molar-refractivity contribution in [1.82, 2.24) is 4.90 Å². The Bertz CT molecular complexity index is 800. The van der Waals surface area contributed by atoms with Crippen LogP contribution in [0.4, 0.5) is 5.00 Å². The molecule has 1 aliphatic heterocycles. The molecule has 0 saturated heterocycles. The fourth-order valence-corrected chi connectivity index (χ4v) is 4.86. The van der Waals surface area contributed by atoms with Crippen molar-refractivity contribution < 1.29 is 15.0 Å². The van der Waals surface area contributed by atoms with Crippen LogP contribution < -0.4 is 5.32 Å². The molecule has 1 aromatic carbocycles. The van der Waals surface area contributed by atoms with Crippen LogP contribution in [0.15, 0.2) is 24.3 Å². The summed E-state index contributed by atoms with van der Waals surface area (Å²) < 4.78 is 0. The molecule has 3 N–H and O–H groups in total. The Morgan fingerprint density at radius 3 is 2.73 bits per heavy atom. The summed E-state index contributed by atoms with van der Waals surface area (Å²) in [6.45, 7) is 8.98. The summed E-state index contributed by atoms with van der Waals surface area (Å²) in [5.41, 5.74) is 2.97. The number of aryl methyl sites for hydroxylation is 1. The number of nitrogens with zero attached hydrogens (tertiary/aromatic N) is 1. The van der Waals surface area contributed by atoms with E-state index in [-0.39, 0.29) is 0 Å². The number of aromatic carboxylic acids is 1. The number of hydrogen-bond acceptors (Lipinski definition) is 5. The fourth-order valence-electron chi connectivity index (χ4n) is 3.55. The smallest absolute Gasteiger partial charge is 0.338 e. The monoisotopic (exact) mass is 374 g/mol. The molecule has 1 aliphatic rings. The highest BCUT2D eigenvalue weighted by Gasteiger charge is 2.29. The van der Waals surface area contributed by atoms with E-state index in [1.54, 1.807) is 0 Å². The molecule has 1 aromatic heterocycles. The lowest BCUT2D eigenvalue weighted by molar-refractivity contribution is 0.0696. The normalized spacial score (nSPS) is 15.7. The number of nitrogens with one attached hydrogen (secondary N) is 1. The molecule has 2 aromatic rings. The number of anilines is 1. The Kier molecular flexibility index (Phi) is 5.65. The summed E-state index contributed by atoms with van der Waals surface area (Å²) in [6, 6.07) is 7.57. The Hall–Kier alpha value is -1.89. The van der Waals surface area contributed by atoms with Gasteiger partial charge in [0, 0.05) is 30.1 Å². The zero-order valence-electron chi connectivity index (χ0n) is 15.5. The standard InChI is InChI=1S/C20H26N2O3S/c1-12(2)10-22-9-8-15-16(11-22)26-19(17(15)20(24)25)21-18(23)14-7-5-4-6-13(14)3/h4-7,12,18,21,23H,8-11H2,1-3H3,(H,24,25). The molecular weight excluding hydrogens is 348 g/mol. The minimum absolute atomic E-state index is 0.321. The van der Waals surface area contributed by atoms with Crippen molar-refractivity contribution in [2.75, 3.05) is 18.4 Å². The van der Waals surface area contributed by atoms with Crippen molar-refractivity contribution in [3.63, 3.8) is 0 Å². The molecule has 3 rings (SSSR count). The number of aliphatic hydroxyl groups excluding tert-OH is 1. The van der Waals surface area contributed by atoms with Crippen molar-refractivity contribution in [2.24, 2.45) is 5.92 Å². The van der Waals surface area contributed by atoms with E-state index < -0.39 is 12.2 Å².